The highest BCUT2D eigenvalue weighted by molar-refractivity contribution is 6.30. The van der Waals surface area contributed by atoms with Crippen LogP contribution >= 0.6 is 11.6 Å². The second-order valence-corrected chi connectivity index (χ2v) is 7.41. The van der Waals surface area contributed by atoms with Crippen molar-refractivity contribution in [1.82, 2.24) is 10.1 Å². The number of aromatic nitrogens is 1. The molecule has 3 heterocycles. The minimum Gasteiger partial charge on any atom is -0.480 e. The molecule has 0 bridgehead atoms. The molecule has 1 N–H and O–H groups in total. The van der Waals surface area contributed by atoms with E-state index in [1.54, 1.807) is 30.0 Å². The Morgan fingerprint density at radius 2 is 2.04 bits per heavy atom. The zero-order valence-electron chi connectivity index (χ0n) is 14.9. The normalized spacial score (nSPS) is 19.5. The van der Waals surface area contributed by atoms with Crippen LogP contribution in [0.25, 0.3) is 0 Å². The standard InChI is InChI=1S/C19H20ClN3O4/c1-11-8-17(22-27-11)21-18(24)12-4-6-23(7-5-12)19(25)16-10-13-9-14(20)2-3-15(13)26-16/h2-3,8-9,12,16H,4-7,10H2,1H3,(H,21,22,24). The molecule has 1 saturated heterocycles. The highest BCUT2D eigenvalue weighted by Gasteiger charge is 2.35. The first-order valence-corrected chi connectivity index (χ1v) is 9.35. The lowest BCUT2D eigenvalue weighted by Crippen LogP contribution is -2.46. The highest BCUT2D eigenvalue weighted by Crippen LogP contribution is 2.32. The van der Waals surface area contributed by atoms with E-state index in [1.807, 2.05) is 6.07 Å². The van der Waals surface area contributed by atoms with E-state index in [4.69, 9.17) is 20.9 Å². The number of aryl methyl sites for hydroxylation is 1. The zero-order chi connectivity index (χ0) is 19.0. The molecule has 1 aromatic heterocycles. The summed E-state index contributed by atoms with van der Waals surface area (Å²) in [5.74, 6) is 1.51. The van der Waals surface area contributed by atoms with Gasteiger partial charge >= 0.3 is 0 Å². The van der Waals surface area contributed by atoms with E-state index >= 15 is 0 Å². The van der Waals surface area contributed by atoms with Gasteiger partial charge in [-0.25, -0.2) is 0 Å². The summed E-state index contributed by atoms with van der Waals surface area (Å²) in [6.07, 6.45) is 1.24. The molecule has 7 nitrogen and oxygen atoms in total. The van der Waals surface area contributed by atoms with Gasteiger partial charge < -0.3 is 19.5 Å². The van der Waals surface area contributed by atoms with E-state index < -0.39 is 6.10 Å². The number of hydrogen-bond donors (Lipinski definition) is 1. The Labute approximate surface area is 161 Å². The average molecular weight is 390 g/mol. The van der Waals surface area contributed by atoms with Gasteiger partial charge in [-0.05, 0) is 43.5 Å². The molecule has 27 heavy (non-hydrogen) atoms. The van der Waals surface area contributed by atoms with Crippen LogP contribution in [0, 0.1) is 12.8 Å². The number of piperidine rings is 1. The number of nitrogens with zero attached hydrogens (tertiary/aromatic N) is 2. The van der Waals surface area contributed by atoms with Gasteiger partial charge in [-0.3, -0.25) is 9.59 Å². The molecule has 1 atom stereocenters. The molecule has 1 fully saturated rings. The minimum absolute atomic E-state index is 0.0340. The molecule has 2 aromatic rings. The maximum Gasteiger partial charge on any atom is 0.263 e. The molecule has 2 aliphatic heterocycles. The van der Waals surface area contributed by atoms with Crippen LogP contribution < -0.4 is 10.1 Å². The number of rotatable bonds is 3. The molecule has 4 rings (SSSR count). The number of carbonyl (C=O) groups excluding carboxylic acids is 2. The van der Waals surface area contributed by atoms with Crippen LogP contribution in [0.4, 0.5) is 5.82 Å². The lowest BCUT2D eigenvalue weighted by Gasteiger charge is -2.32. The minimum atomic E-state index is -0.512. The first-order chi connectivity index (χ1) is 13.0. The summed E-state index contributed by atoms with van der Waals surface area (Å²) in [5, 5.41) is 7.18. The van der Waals surface area contributed by atoms with Crippen molar-refractivity contribution in [2.45, 2.75) is 32.3 Å². The topological polar surface area (TPSA) is 84.7 Å². The molecule has 2 aliphatic rings. The van der Waals surface area contributed by atoms with Gasteiger partial charge in [0.1, 0.15) is 11.5 Å². The maximum atomic E-state index is 12.8. The van der Waals surface area contributed by atoms with Gasteiger partial charge in [0.15, 0.2) is 11.9 Å². The van der Waals surface area contributed by atoms with Crippen molar-refractivity contribution in [1.29, 1.82) is 0 Å². The second-order valence-electron chi connectivity index (χ2n) is 6.97. The summed E-state index contributed by atoms with van der Waals surface area (Å²) < 4.78 is 10.7. The van der Waals surface area contributed by atoms with E-state index in [1.165, 1.54) is 0 Å². The average Bonchev–Trinajstić information content (AvgIpc) is 3.26. The van der Waals surface area contributed by atoms with E-state index in [0.29, 0.717) is 49.0 Å². The highest BCUT2D eigenvalue weighted by atomic mass is 35.5. The number of fused-ring (bicyclic) bond motifs is 1. The molecule has 0 spiro atoms. The Morgan fingerprint density at radius 1 is 1.26 bits per heavy atom. The molecule has 1 aromatic carbocycles. The van der Waals surface area contributed by atoms with Gasteiger partial charge in [-0.15, -0.1) is 0 Å². The summed E-state index contributed by atoms with van der Waals surface area (Å²) in [4.78, 5) is 26.9. The molecular formula is C19H20ClN3O4. The Balaban J connectivity index is 1.30. The Kier molecular flexibility index (Phi) is 4.78. The summed E-state index contributed by atoms with van der Waals surface area (Å²) in [6.45, 7) is 2.83. The predicted octanol–water partition coefficient (Wildman–Crippen LogP) is 2.82. The predicted molar refractivity (Wildman–Crippen MR) is 98.7 cm³/mol. The van der Waals surface area contributed by atoms with Crippen molar-refractivity contribution >= 4 is 29.2 Å². The first kappa shape index (κ1) is 17.9. The summed E-state index contributed by atoms with van der Waals surface area (Å²) in [7, 11) is 0. The summed E-state index contributed by atoms with van der Waals surface area (Å²) in [6, 6.07) is 7.07. The first-order valence-electron chi connectivity index (χ1n) is 8.97. The number of amides is 2. The van der Waals surface area contributed by atoms with Crippen LogP contribution in [-0.4, -0.2) is 41.1 Å². The lowest BCUT2D eigenvalue weighted by atomic mass is 9.95. The Morgan fingerprint density at radius 3 is 2.74 bits per heavy atom. The van der Waals surface area contributed by atoms with Crippen LogP contribution in [0.2, 0.25) is 5.02 Å². The number of anilines is 1. The number of benzene rings is 1. The summed E-state index contributed by atoms with van der Waals surface area (Å²) >= 11 is 6.01. The fraction of sp³-hybridized carbons (Fsp3) is 0.421. The maximum absolute atomic E-state index is 12.8. The molecule has 0 aliphatic carbocycles. The zero-order valence-corrected chi connectivity index (χ0v) is 15.7. The monoisotopic (exact) mass is 389 g/mol. The SMILES string of the molecule is Cc1cc(NC(=O)C2CCN(C(=O)C3Cc4cc(Cl)ccc4O3)CC2)no1. The molecule has 1 unspecified atom stereocenters. The summed E-state index contributed by atoms with van der Waals surface area (Å²) in [5.41, 5.74) is 0.956. The third-order valence-corrected chi connectivity index (χ3v) is 5.26. The Bertz CT molecular complexity index is 874. The van der Waals surface area contributed by atoms with Gasteiger partial charge in [0, 0.05) is 36.5 Å². The van der Waals surface area contributed by atoms with Crippen molar-refractivity contribution in [2.24, 2.45) is 5.92 Å². The quantitative estimate of drug-likeness (QED) is 0.872. The molecule has 2 amide bonds. The van der Waals surface area contributed by atoms with Crippen LogP contribution in [0.5, 0.6) is 5.75 Å². The van der Waals surface area contributed by atoms with Crippen molar-refractivity contribution < 1.29 is 18.8 Å². The third kappa shape index (κ3) is 3.78. The van der Waals surface area contributed by atoms with Crippen molar-refractivity contribution in [2.75, 3.05) is 18.4 Å². The molecular weight excluding hydrogens is 370 g/mol. The van der Waals surface area contributed by atoms with Gasteiger partial charge in [0.05, 0.1) is 0 Å². The van der Waals surface area contributed by atoms with Gasteiger partial charge in [0.25, 0.3) is 5.91 Å². The smallest absolute Gasteiger partial charge is 0.263 e. The number of nitrogens with one attached hydrogen (secondary N) is 1. The third-order valence-electron chi connectivity index (χ3n) is 5.03. The van der Waals surface area contributed by atoms with Crippen LogP contribution in [0.1, 0.15) is 24.2 Å². The number of carbonyl (C=O) groups is 2. The van der Waals surface area contributed by atoms with Crippen molar-refractivity contribution in [3.8, 4) is 5.75 Å². The number of ether oxygens (including phenoxy) is 1. The van der Waals surface area contributed by atoms with Crippen molar-refractivity contribution in [3.63, 3.8) is 0 Å². The largest absolute Gasteiger partial charge is 0.480 e. The van der Waals surface area contributed by atoms with Gasteiger partial charge in [-0.2, -0.15) is 0 Å². The fourth-order valence-electron chi connectivity index (χ4n) is 3.57. The number of likely N-dealkylation sites (tertiary alicyclic amines) is 1. The van der Waals surface area contributed by atoms with Crippen LogP contribution in [-0.2, 0) is 16.0 Å². The molecule has 142 valence electrons. The lowest BCUT2D eigenvalue weighted by molar-refractivity contribution is -0.140. The fourth-order valence-corrected chi connectivity index (χ4v) is 3.77. The van der Waals surface area contributed by atoms with E-state index in [2.05, 4.69) is 10.5 Å². The Hall–Kier alpha value is -2.54. The van der Waals surface area contributed by atoms with E-state index in [0.717, 1.165) is 11.3 Å². The molecule has 0 radical (unpaired) electrons. The van der Waals surface area contributed by atoms with E-state index in [9.17, 15) is 9.59 Å². The van der Waals surface area contributed by atoms with Crippen molar-refractivity contribution in [3.05, 3.63) is 40.6 Å². The second kappa shape index (κ2) is 7.23. The van der Waals surface area contributed by atoms with E-state index in [-0.39, 0.29) is 17.7 Å². The van der Waals surface area contributed by atoms with Gasteiger partial charge in [0.2, 0.25) is 5.91 Å². The number of hydrogen-bond acceptors (Lipinski definition) is 5. The van der Waals surface area contributed by atoms with Gasteiger partial charge in [-0.1, -0.05) is 16.8 Å². The van der Waals surface area contributed by atoms with Crippen LogP contribution in [0.3, 0.4) is 0 Å². The molecule has 0 saturated carbocycles. The number of halogens is 1. The molecule has 8 heteroatoms. The van der Waals surface area contributed by atoms with Crippen LogP contribution in [0.15, 0.2) is 28.8 Å².